The third kappa shape index (κ3) is 4.54. The van der Waals surface area contributed by atoms with Crippen molar-refractivity contribution in [3.63, 3.8) is 0 Å². The number of rotatable bonds is 7. The van der Waals surface area contributed by atoms with E-state index < -0.39 is 18.1 Å². The molecule has 6 rings (SSSR count). The summed E-state index contributed by atoms with van der Waals surface area (Å²) in [5.41, 5.74) is 5.24. The van der Waals surface area contributed by atoms with Gasteiger partial charge in [-0.3, -0.25) is 14.4 Å². The first-order chi connectivity index (χ1) is 19.3. The van der Waals surface area contributed by atoms with Crippen molar-refractivity contribution in [2.45, 2.75) is 51.4 Å². The summed E-state index contributed by atoms with van der Waals surface area (Å²) in [6, 6.07) is 21.0. The van der Waals surface area contributed by atoms with Gasteiger partial charge in [-0.25, -0.2) is 0 Å². The fraction of sp³-hybridized carbons (Fsp3) is 0.281. The van der Waals surface area contributed by atoms with Crippen LogP contribution in [0, 0.1) is 5.92 Å². The van der Waals surface area contributed by atoms with Crippen LogP contribution < -0.4 is 10.6 Å². The summed E-state index contributed by atoms with van der Waals surface area (Å²) in [7, 11) is 0. The van der Waals surface area contributed by atoms with E-state index in [4.69, 9.17) is 11.6 Å². The molecule has 0 saturated heterocycles. The second kappa shape index (κ2) is 10.5. The second-order valence-electron chi connectivity index (χ2n) is 11.0. The van der Waals surface area contributed by atoms with Gasteiger partial charge in [0.05, 0.1) is 6.04 Å². The van der Waals surface area contributed by atoms with Crippen molar-refractivity contribution in [2.24, 2.45) is 5.92 Å². The van der Waals surface area contributed by atoms with Crippen LogP contribution in [0.4, 0.5) is 0 Å². The highest BCUT2D eigenvalue weighted by Crippen LogP contribution is 2.46. The Labute approximate surface area is 237 Å². The summed E-state index contributed by atoms with van der Waals surface area (Å²) in [5, 5.41) is 7.56. The Morgan fingerprint density at radius 3 is 2.55 bits per heavy atom. The molecule has 0 bridgehead atoms. The minimum absolute atomic E-state index is 0.161. The number of carbonyl (C=O) groups is 3. The molecule has 3 aromatic carbocycles. The Morgan fingerprint density at radius 2 is 1.75 bits per heavy atom. The van der Waals surface area contributed by atoms with Gasteiger partial charge in [-0.2, -0.15) is 0 Å². The van der Waals surface area contributed by atoms with Crippen LogP contribution >= 0.6 is 11.6 Å². The van der Waals surface area contributed by atoms with E-state index in [-0.39, 0.29) is 30.2 Å². The molecule has 0 fully saturated rings. The van der Waals surface area contributed by atoms with E-state index in [2.05, 4.69) is 15.6 Å². The Hall–Kier alpha value is -4.10. The third-order valence-corrected chi connectivity index (χ3v) is 8.27. The van der Waals surface area contributed by atoms with Gasteiger partial charge in [0.1, 0.15) is 12.1 Å². The molecule has 2 aliphatic rings. The minimum Gasteiger partial charge on any atom is -0.356 e. The highest BCUT2D eigenvalue weighted by molar-refractivity contribution is 6.31. The average Bonchev–Trinajstić information content (AvgIpc) is 3.47. The summed E-state index contributed by atoms with van der Waals surface area (Å²) >= 11 is 6.27. The summed E-state index contributed by atoms with van der Waals surface area (Å²) < 4.78 is 0. The number of benzene rings is 3. The molecule has 40 heavy (non-hydrogen) atoms. The number of aromatic nitrogens is 1. The molecule has 0 spiro atoms. The number of nitrogens with zero attached hydrogens (tertiary/aromatic N) is 1. The molecule has 0 saturated carbocycles. The number of hydrogen-bond acceptors (Lipinski definition) is 3. The van der Waals surface area contributed by atoms with Crippen LogP contribution in [-0.2, 0) is 22.6 Å². The van der Waals surface area contributed by atoms with E-state index >= 15 is 0 Å². The summed E-state index contributed by atoms with van der Waals surface area (Å²) in [4.78, 5) is 46.3. The molecule has 0 aliphatic carbocycles. The lowest BCUT2D eigenvalue weighted by molar-refractivity contribution is -0.132. The molecule has 0 unspecified atom stereocenters. The van der Waals surface area contributed by atoms with Gasteiger partial charge < -0.3 is 20.5 Å². The maximum Gasteiger partial charge on any atom is 0.255 e. The van der Waals surface area contributed by atoms with Crippen molar-refractivity contribution >= 4 is 40.2 Å². The second-order valence-corrected chi connectivity index (χ2v) is 11.4. The lowest BCUT2D eigenvalue weighted by atomic mass is 9.89. The first kappa shape index (κ1) is 26.1. The molecule has 2 aliphatic heterocycles. The lowest BCUT2D eigenvalue weighted by Gasteiger charge is -2.37. The quantitative estimate of drug-likeness (QED) is 0.295. The van der Waals surface area contributed by atoms with Gasteiger partial charge >= 0.3 is 0 Å². The molecule has 3 amide bonds. The smallest absolute Gasteiger partial charge is 0.255 e. The standard InChI is InChI=1S/C32H31ClN4O3/c1-18(2)15-26(30(38)34-17-19-9-3-7-13-24(19)33)36-31(39)27-16-23-20-10-6-8-14-25(20)35-28(23)29-21-11-4-5-12-22(21)32(40)37(27)29/h3-14,18,26-27,29,35H,15-17H2,1-2H3,(H,34,38)(H,36,39)/t26-,27-,29-/m0/s1. The van der Waals surface area contributed by atoms with Crippen molar-refractivity contribution in [1.82, 2.24) is 20.5 Å². The molecular weight excluding hydrogens is 524 g/mol. The summed E-state index contributed by atoms with van der Waals surface area (Å²) in [6.45, 7) is 4.28. The van der Waals surface area contributed by atoms with Gasteiger partial charge in [0.15, 0.2) is 0 Å². The van der Waals surface area contributed by atoms with E-state index in [1.165, 1.54) is 0 Å². The van der Waals surface area contributed by atoms with Gasteiger partial charge in [0, 0.05) is 40.1 Å². The largest absolute Gasteiger partial charge is 0.356 e. The number of para-hydroxylation sites is 1. The first-order valence-corrected chi connectivity index (χ1v) is 14.0. The number of nitrogens with one attached hydrogen (secondary N) is 3. The predicted molar refractivity (Wildman–Crippen MR) is 155 cm³/mol. The number of hydrogen-bond donors (Lipinski definition) is 3. The molecule has 8 heteroatoms. The van der Waals surface area contributed by atoms with Gasteiger partial charge in [0.25, 0.3) is 5.91 Å². The van der Waals surface area contributed by atoms with E-state index in [1.54, 1.807) is 11.0 Å². The maximum absolute atomic E-state index is 14.0. The zero-order chi connectivity index (χ0) is 28.0. The fourth-order valence-corrected chi connectivity index (χ4v) is 6.26. The van der Waals surface area contributed by atoms with Crippen molar-refractivity contribution in [3.8, 4) is 0 Å². The van der Waals surface area contributed by atoms with Gasteiger partial charge in [0.2, 0.25) is 11.8 Å². The molecule has 3 atom stereocenters. The Bertz CT molecular complexity index is 1630. The zero-order valence-electron chi connectivity index (χ0n) is 22.4. The van der Waals surface area contributed by atoms with Crippen molar-refractivity contribution in [2.75, 3.05) is 0 Å². The highest BCUT2D eigenvalue weighted by atomic mass is 35.5. The number of amides is 3. The lowest BCUT2D eigenvalue weighted by Crippen LogP contribution is -2.56. The minimum atomic E-state index is -0.761. The summed E-state index contributed by atoms with van der Waals surface area (Å²) in [6.07, 6.45) is 0.819. The van der Waals surface area contributed by atoms with E-state index in [0.29, 0.717) is 23.4 Å². The van der Waals surface area contributed by atoms with Gasteiger partial charge in [-0.1, -0.05) is 80.0 Å². The Balaban J connectivity index is 1.31. The van der Waals surface area contributed by atoms with Crippen molar-refractivity contribution in [1.29, 1.82) is 0 Å². The molecule has 204 valence electrons. The van der Waals surface area contributed by atoms with Crippen molar-refractivity contribution in [3.05, 3.63) is 106 Å². The fourth-order valence-electron chi connectivity index (χ4n) is 6.06. The number of H-pyrrole nitrogens is 1. The van der Waals surface area contributed by atoms with Crippen LogP contribution in [0.25, 0.3) is 10.9 Å². The molecule has 3 heterocycles. The Kier molecular flexibility index (Phi) is 6.84. The van der Waals surface area contributed by atoms with E-state index in [0.717, 1.165) is 33.3 Å². The number of aromatic amines is 1. The van der Waals surface area contributed by atoms with Gasteiger partial charge in [-0.05, 0) is 47.2 Å². The van der Waals surface area contributed by atoms with Crippen LogP contribution in [0.2, 0.25) is 5.02 Å². The zero-order valence-corrected chi connectivity index (χ0v) is 23.2. The predicted octanol–water partition coefficient (Wildman–Crippen LogP) is 5.14. The molecule has 7 nitrogen and oxygen atoms in total. The van der Waals surface area contributed by atoms with Crippen LogP contribution in [0.5, 0.6) is 0 Å². The first-order valence-electron chi connectivity index (χ1n) is 13.7. The van der Waals surface area contributed by atoms with E-state index in [1.807, 2.05) is 80.6 Å². The Morgan fingerprint density at radius 1 is 1.02 bits per heavy atom. The molecule has 3 N–H and O–H groups in total. The van der Waals surface area contributed by atoms with Crippen LogP contribution in [0.15, 0.2) is 72.8 Å². The van der Waals surface area contributed by atoms with Crippen LogP contribution in [0.3, 0.4) is 0 Å². The maximum atomic E-state index is 14.0. The van der Waals surface area contributed by atoms with E-state index in [9.17, 15) is 14.4 Å². The number of fused-ring (bicyclic) bond motifs is 7. The number of halogens is 1. The highest BCUT2D eigenvalue weighted by Gasteiger charge is 2.49. The molecular formula is C32H31ClN4O3. The molecule has 4 aromatic rings. The molecule has 0 radical (unpaired) electrons. The van der Waals surface area contributed by atoms with Crippen molar-refractivity contribution < 1.29 is 14.4 Å². The topological polar surface area (TPSA) is 94.3 Å². The third-order valence-electron chi connectivity index (χ3n) is 7.91. The average molecular weight is 555 g/mol. The molecule has 1 aromatic heterocycles. The normalized spacial score (nSPS) is 18.3. The number of carbonyl (C=O) groups excluding carboxylic acids is 3. The summed E-state index contributed by atoms with van der Waals surface area (Å²) in [5.74, 6) is -0.624. The van der Waals surface area contributed by atoms with Crippen LogP contribution in [0.1, 0.15) is 59.1 Å². The van der Waals surface area contributed by atoms with Gasteiger partial charge in [-0.15, -0.1) is 0 Å². The van der Waals surface area contributed by atoms with Crippen LogP contribution in [-0.4, -0.2) is 39.7 Å². The SMILES string of the molecule is CC(C)C[C@H](NC(=O)[C@@H]1Cc2c([nH]c3ccccc23)[C@@H]2c3ccccc3C(=O)N21)C(=O)NCc1ccccc1Cl. The monoisotopic (exact) mass is 554 g/mol.